The summed E-state index contributed by atoms with van der Waals surface area (Å²) in [4.78, 5) is 27.9. The molecule has 110 valence electrons. The lowest BCUT2D eigenvalue weighted by Crippen LogP contribution is -2.37. The molecule has 0 saturated carbocycles. The fourth-order valence-electron chi connectivity index (χ4n) is 2.00. The molecule has 6 nitrogen and oxygen atoms in total. The third-order valence-corrected chi connectivity index (χ3v) is 3.03. The molecular formula is C16H13N3O3. The van der Waals surface area contributed by atoms with E-state index in [4.69, 9.17) is 4.74 Å². The summed E-state index contributed by atoms with van der Waals surface area (Å²) >= 11 is 0. The van der Waals surface area contributed by atoms with Gasteiger partial charge in [0, 0.05) is 0 Å². The second kappa shape index (κ2) is 6.09. The molecule has 1 N–H and O–H groups in total. The molecule has 2 amide bonds. The minimum absolute atomic E-state index is 0.234. The number of hydrogen-bond acceptors (Lipinski definition) is 4. The molecule has 1 heterocycles. The van der Waals surface area contributed by atoms with Crippen molar-refractivity contribution in [3.8, 4) is 5.75 Å². The minimum atomic E-state index is -0.560. The maximum absolute atomic E-state index is 12.1. The van der Waals surface area contributed by atoms with Crippen LogP contribution in [0, 0.1) is 0 Å². The van der Waals surface area contributed by atoms with E-state index in [1.165, 1.54) is 10.9 Å². The Balaban J connectivity index is 1.63. The van der Waals surface area contributed by atoms with E-state index >= 15 is 0 Å². The number of imidazole rings is 1. The molecule has 0 fully saturated rings. The Bertz CT molecular complexity index is 812. The molecule has 0 atom stereocenters. The van der Waals surface area contributed by atoms with Crippen LogP contribution in [0.4, 0.5) is 4.79 Å². The number of carbonyl (C=O) groups excluding carboxylic acids is 2. The molecular weight excluding hydrogens is 282 g/mol. The van der Waals surface area contributed by atoms with Crippen molar-refractivity contribution in [2.24, 2.45) is 0 Å². The van der Waals surface area contributed by atoms with Crippen molar-refractivity contribution in [2.75, 3.05) is 6.61 Å². The molecule has 0 radical (unpaired) electrons. The molecule has 0 unspecified atom stereocenters. The Kier molecular flexibility index (Phi) is 3.82. The summed E-state index contributed by atoms with van der Waals surface area (Å²) in [5.41, 5.74) is 1.32. The number of hydrogen-bond donors (Lipinski definition) is 1. The summed E-state index contributed by atoms with van der Waals surface area (Å²) < 4.78 is 6.57. The summed E-state index contributed by atoms with van der Waals surface area (Å²) in [5.74, 6) is 0.0461. The van der Waals surface area contributed by atoms with Crippen molar-refractivity contribution in [3.63, 3.8) is 0 Å². The van der Waals surface area contributed by atoms with Gasteiger partial charge in [-0.2, -0.15) is 0 Å². The summed E-state index contributed by atoms with van der Waals surface area (Å²) in [7, 11) is 0. The highest BCUT2D eigenvalue weighted by atomic mass is 16.5. The average Bonchev–Trinajstić information content (AvgIpc) is 2.98. The third kappa shape index (κ3) is 2.95. The van der Waals surface area contributed by atoms with Crippen LogP contribution in [0.5, 0.6) is 5.75 Å². The van der Waals surface area contributed by atoms with E-state index in [9.17, 15) is 9.59 Å². The van der Waals surface area contributed by atoms with Gasteiger partial charge >= 0.3 is 6.03 Å². The smallest absolute Gasteiger partial charge is 0.334 e. The Morgan fingerprint density at radius 2 is 1.77 bits per heavy atom. The van der Waals surface area contributed by atoms with Crippen LogP contribution in [0.15, 0.2) is 60.9 Å². The van der Waals surface area contributed by atoms with Crippen LogP contribution < -0.4 is 10.1 Å². The number of rotatable bonds is 3. The predicted octanol–water partition coefficient (Wildman–Crippen LogP) is 2.20. The van der Waals surface area contributed by atoms with Crippen LogP contribution in [-0.4, -0.2) is 28.1 Å². The van der Waals surface area contributed by atoms with Crippen LogP contribution in [0.2, 0.25) is 0 Å². The molecule has 3 rings (SSSR count). The zero-order valence-corrected chi connectivity index (χ0v) is 11.6. The van der Waals surface area contributed by atoms with E-state index in [2.05, 4.69) is 10.3 Å². The highest BCUT2D eigenvalue weighted by Gasteiger charge is 2.13. The van der Waals surface area contributed by atoms with Crippen molar-refractivity contribution in [3.05, 3.63) is 60.9 Å². The first-order valence-electron chi connectivity index (χ1n) is 6.68. The van der Waals surface area contributed by atoms with E-state index in [1.807, 2.05) is 12.1 Å². The van der Waals surface area contributed by atoms with E-state index in [0.29, 0.717) is 16.8 Å². The molecule has 0 bridgehead atoms. The van der Waals surface area contributed by atoms with Gasteiger partial charge in [0.05, 0.1) is 11.0 Å². The fourth-order valence-corrected chi connectivity index (χ4v) is 2.00. The van der Waals surface area contributed by atoms with Gasteiger partial charge in [-0.3, -0.25) is 14.7 Å². The molecule has 22 heavy (non-hydrogen) atoms. The first-order valence-corrected chi connectivity index (χ1v) is 6.68. The minimum Gasteiger partial charge on any atom is -0.484 e. The van der Waals surface area contributed by atoms with Crippen LogP contribution in [0.3, 0.4) is 0 Å². The number of imide groups is 1. The van der Waals surface area contributed by atoms with Gasteiger partial charge in [0.2, 0.25) is 0 Å². The van der Waals surface area contributed by atoms with Crippen LogP contribution in [-0.2, 0) is 4.79 Å². The maximum atomic E-state index is 12.1. The van der Waals surface area contributed by atoms with Crippen LogP contribution >= 0.6 is 0 Å². The van der Waals surface area contributed by atoms with Crippen molar-refractivity contribution in [2.45, 2.75) is 0 Å². The second-order valence-electron chi connectivity index (χ2n) is 4.56. The zero-order valence-electron chi connectivity index (χ0n) is 11.6. The summed E-state index contributed by atoms with van der Waals surface area (Å²) in [6.45, 7) is -0.234. The number of aromatic nitrogens is 2. The Labute approximate surface area is 126 Å². The number of nitrogens with one attached hydrogen (secondary N) is 1. The lowest BCUT2D eigenvalue weighted by atomic mass is 10.3. The molecule has 1 aromatic heterocycles. The molecule has 2 aromatic carbocycles. The number of benzene rings is 2. The van der Waals surface area contributed by atoms with Crippen LogP contribution in [0.1, 0.15) is 0 Å². The number of fused-ring (bicyclic) bond motifs is 1. The summed E-state index contributed by atoms with van der Waals surface area (Å²) in [6, 6.07) is 15.5. The number of nitrogens with zero attached hydrogens (tertiary/aromatic N) is 2. The quantitative estimate of drug-likeness (QED) is 0.804. The van der Waals surface area contributed by atoms with Gasteiger partial charge in [-0.15, -0.1) is 0 Å². The lowest BCUT2D eigenvalue weighted by Gasteiger charge is -2.07. The number of ether oxygens (including phenoxy) is 1. The average molecular weight is 295 g/mol. The van der Waals surface area contributed by atoms with Gasteiger partial charge in [0.1, 0.15) is 12.1 Å². The first kappa shape index (κ1) is 13.8. The molecule has 6 heteroatoms. The molecule has 0 spiro atoms. The van der Waals surface area contributed by atoms with E-state index < -0.39 is 11.9 Å². The normalized spacial score (nSPS) is 10.4. The maximum Gasteiger partial charge on any atom is 0.334 e. The van der Waals surface area contributed by atoms with Gasteiger partial charge < -0.3 is 4.74 Å². The van der Waals surface area contributed by atoms with Gasteiger partial charge in [0.15, 0.2) is 6.61 Å². The van der Waals surface area contributed by atoms with Gasteiger partial charge in [-0.1, -0.05) is 30.3 Å². The number of para-hydroxylation sites is 3. The van der Waals surface area contributed by atoms with E-state index in [1.54, 1.807) is 42.5 Å². The Morgan fingerprint density at radius 3 is 2.59 bits per heavy atom. The summed E-state index contributed by atoms with van der Waals surface area (Å²) in [6.07, 6.45) is 1.38. The lowest BCUT2D eigenvalue weighted by molar-refractivity contribution is -0.121. The largest absolute Gasteiger partial charge is 0.484 e. The Hall–Kier alpha value is -3.15. The van der Waals surface area contributed by atoms with Crippen molar-refractivity contribution in [1.29, 1.82) is 0 Å². The highest BCUT2D eigenvalue weighted by Crippen LogP contribution is 2.11. The van der Waals surface area contributed by atoms with Gasteiger partial charge in [-0.25, -0.2) is 9.78 Å². The van der Waals surface area contributed by atoms with E-state index in [0.717, 1.165) is 0 Å². The second-order valence-corrected chi connectivity index (χ2v) is 4.56. The van der Waals surface area contributed by atoms with E-state index in [-0.39, 0.29) is 6.61 Å². The van der Waals surface area contributed by atoms with Crippen molar-refractivity contribution < 1.29 is 14.3 Å². The molecule has 0 aliphatic rings. The third-order valence-electron chi connectivity index (χ3n) is 3.03. The molecule has 0 aliphatic carbocycles. The van der Waals surface area contributed by atoms with Gasteiger partial charge in [0.25, 0.3) is 5.91 Å². The first-order chi connectivity index (χ1) is 10.7. The summed E-state index contributed by atoms with van der Waals surface area (Å²) in [5, 5.41) is 2.26. The molecule has 3 aromatic rings. The fraction of sp³-hybridized carbons (Fsp3) is 0.0625. The standard InChI is InChI=1S/C16H13N3O3/c20-15(10-22-12-6-2-1-3-7-12)18-16(21)19-11-17-13-8-4-5-9-14(13)19/h1-9,11H,10H2,(H,18,20,21). The number of carbonyl (C=O) groups is 2. The van der Waals surface area contributed by atoms with Crippen LogP contribution in [0.25, 0.3) is 11.0 Å². The van der Waals surface area contributed by atoms with Crippen molar-refractivity contribution >= 4 is 23.0 Å². The Morgan fingerprint density at radius 1 is 1.05 bits per heavy atom. The SMILES string of the molecule is O=C(COc1ccccc1)NC(=O)n1cnc2ccccc21. The molecule has 0 aliphatic heterocycles. The van der Waals surface area contributed by atoms with Gasteiger partial charge in [-0.05, 0) is 24.3 Å². The highest BCUT2D eigenvalue weighted by molar-refractivity contribution is 5.99. The zero-order chi connectivity index (χ0) is 15.4. The number of amides is 2. The monoisotopic (exact) mass is 295 g/mol. The topological polar surface area (TPSA) is 73.2 Å². The molecule has 0 saturated heterocycles. The van der Waals surface area contributed by atoms with Crippen molar-refractivity contribution in [1.82, 2.24) is 14.9 Å². The predicted molar refractivity (Wildman–Crippen MR) is 80.6 cm³/mol.